The van der Waals surface area contributed by atoms with Crippen LogP contribution in [-0.2, 0) is 0 Å². The average Bonchev–Trinajstić information content (AvgIpc) is 2.54. The van der Waals surface area contributed by atoms with Crippen LogP contribution >= 0.6 is 0 Å². The summed E-state index contributed by atoms with van der Waals surface area (Å²) in [4.78, 5) is 2.34. The maximum Gasteiger partial charge on any atom is 0.162 e. The molecule has 0 amide bonds. The minimum atomic E-state index is -0.687. The number of aliphatic hydroxyl groups excluding tert-OH is 1. The van der Waals surface area contributed by atoms with E-state index in [2.05, 4.69) is 4.90 Å². The van der Waals surface area contributed by atoms with Crippen molar-refractivity contribution in [2.75, 3.05) is 26.2 Å². The Morgan fingerprint density at radius 1 is 1.27 bits per heavy atom. The summed E-state index contributed by atoms with van der Waals surface area (Å²) in [7, 11) is 0. The molecule has 3 N–H and O–H groups in total. The Morgan fingerprint density at radius 3 is 2.82 bits per heavy atom. The van der Waals surface area contributed by atoms with Gasteiger partial charge in [-0.1, -0.05) is 12.5 Å². The summed E-state index contributed by atoms with van der Waals surface area (Å²) in [6.07, 6.45) is 3.10. The average molecular weight is 306 g/mol. The summed E-state index contributed by atoms with van der Waals surface area (Å²) in [5.41, 5.74) is 7.01. The minimum absolute atomic E-state index is 0.0296. The molecule has 0 aliphatic carbocycles. The molecular weight excluding hydrogens is 280 g/mol. The summed E-state index contributed by atoms with van der Waals surface area (Å²) in [5, 5.41) is 10.5. The zero-order chi connectivity index (χ0) is 15.5. The van der Waals surface area contributed by atoms with Crippen molar-refractivity contribution in [1.29, 1.82) is 0 Å². The molecule has 1 fully saturated rings. The first-order valence-corrected chi connectivity index (χ1v) is 8.23. The van der Waals surface area contributed by atoms with Crippen LogP contribution < -0.4 is 15.2 Å². The number of nitrogens with zero attached hydrogens (tertiary/aromatic N) is 1. The molecule has 3 rings (SSSR count). The lowest BCUT2D eigenvalue weighted by molar-refractivity contribution is 0.0990. The normalized spacial score (nSPS) is 24.8. The summed E-state index contributed by atoms with van der Waals surface area (Å²) in [6, 6.07) is 5.29. The van der Waals surface area contributed by atoms with Gasteiger partial charge >= 0.3 is 0 Å². The highest BCUT2D eigenvalue weighted by atomic mass is 16.6. The van der Waals surface area contributed by atoms with Gasteiger partial charge in [0.05, 0.1) is 6.10 Å². The molecule has 1 saturated heterocycles. The Morgan fingerprint density at radius 2 is 2.05 bits per heavy atom. The third kappa shape index (κ3) is 3.54. The fourth-order valence-electron chi connectivity index (χ4n) is 3.17. The van der Waals surface area contributed by atoms with E-state index >= 15 is 0 Å². The van der Waals surface area contributed by atoms with Crippen LogP contribution in [0.3, 0.4) is 0 Å². The van der Waals surface area contributed by atoms with Gasteiger partial charge in [0.25, 0.3) is 0 Å². The molecule has 3 atom stereocenters. The molecule has 1 aromatic rings. The van der Waals surface area contributed by atoms with Crippen LogP contribution in [0.2, 0.25) is 0 Å². The van der Waals surface area contributed by atoms with Crippen molar-refractivity contribution < 1.29 is 14.6 Å². The van der Waals surface area contributed by atoms with Crippen molar-refractivity contribution in [2.24, 2.45) is 5.73 Å². The predicted molar refractivity (Wildman–Crippen MR) is 85.3 cm³/mol. The van der Waals surface area contributed by atoms with Crippen LogP contribution in [0.1, 0.15) is 37.9 Å². The van der Waals surface area contributed by atoms with Crippen molar-refractivity contribution in [3.05, 3.63) is 23.8 Å². The molecule has 0 bridgehead atoms. The molecule has 2 aliphatic heterocycles. The third-order valence-electron chi connectivity index (χ3n) is 4.43. The number of hydrogen-bond acceptors (Lipinski definition) is 5. The number of ether oxygens (including phenoxy) is 2. The van der Waals surface area contributed by atoms with E-state index in [-0.39, 0.29) is 12.1 Å². The van der Waals surface area contributed by atoms with Gasteiger partial charge in [-0.15, -0.1) is 0 Å². The molecule has 5 heteroatoms. The van der Waals surface area contributed by atoms with Crippen molar-refractivity contribution in [2.45, 2.75) is 44.4 Å². The summed E-state index contributed by atoms with van der Waals surface area (Å²) in [6.45, 7) is 5.42. The third-order valence-corrected chi connectivity index (χ3v) is 4.43. The van der Waals surface area contributed by atoms with Crippen LogP contribution in [0.15, 0.2) is 18.2 Å². The molecular formula is C17H26N2O3. The van der Waals surface area contributed by atoms with Gasteiger partial charge in [-0.25, -0.2) is 0 Å². The smallest absolute Gasteiger partial charge is 0.162 e. The van der Waals surface area contributed by atoms with E-state index in [9.17, 15) is 5.11 Å². The van der Waals surface area contributed by atoms with E-state index < -0.39 is 6.10 Å². The topological polar surface area (TPSA) is 68.0 Å². The van der Waals surface area contributed by atoms with Crippen LogP contribution in [0.4, 0.5) is 0 Å². The van der Waals surface area contributed by atoms with E-state index in [0.717, 1.165) is 30.9 Å². The highest BCUT2D eigenvalue weighted by Crippen LogP contribution is 2.34. The Bertz CT molecular complexity index is 503. The minimum Gasteiger partial charge on any atom is -0.486 e. The molecule has 2 aliphatic rings. The predicted octanol–water partition coefficient (Wildman–Crippen LogP) is 1.69. The van der Waals surface area contributed by atoms with Crippen molar-refractivity contribution in [3.63, 3.8) is 0 Å². The number of nitrogens with two attached hydrogens (primary N) is 1. The monoisotopic (exact) mass is 306 g/mol. The summed E-state index contributed by atoms with van der Waals surface area (Å²) in [5.74, 6) is 1.43. The van der Waals surface area contributed by atoms with Gasteiger partial charge < -0.3 is 25.2 Å². The number of hydrogen-bond donors (Lipinski definition) is 2. The highest BCUT2D eigenvalue weighted by molar-refractivity contribution is 5.44. The summed E-state index contributed by atoms with van der Waals surface area (Å²) >= 11 is 0. The zero-order valence-electron chi connectivity index (χ0n) is 13.2. The van der Waals surface area contributed by atoms with Gasteiger partial charge in [-0.05, 0) is 50.6 Å². The van der Waals surface area contributed by atoms with Gasteiger partial charge in [0.1, 0.15) is 12.7 Å². The number of rotatable bonds is 4. The molecule has 5 nitrogen and oxygen atoms in total. The van der Waals surface area contributed by atoms with E-state index in [1.54, 1.807) is 0 Å². The zero-order valence-corrected chi connectivity index (χ0v) is 13.2. The van der Waals surface area contributed by atoms with Crippen LogP contribution in [0, 0.1) is 0 Å². The number of benzene rings is 1. The lowest BCUT2D eigenvalue weighted by Crippen LogP contribution is -2.43. The maximum atomic E-state index is 10.5. The molecule has 2 heterocycles. The van der Waals surface area contributed by atoms with Gasteiger partial charge in [-0.2, -0.15) is 0 Å². The lowest BCUT2D eigenvalue weighted by atomic mass is 10.0. The Balaban J connectivity index is 1.66. The Hall–Kier alpha value is -1.30. The fraction of sp³-hybridized carbons (Fsp3) is 0.647. The van der Waals surface area contributed by atoms with Gasteiger partial charge in [0.2, 0.25) is 0 Å². The number of aliphatic hydroxyl groups is 1. The second-order valence-electron chi connectivity index (χ2n) is 6.42. The number of likely N-dealkylation sites (tertiary alicyclic amines) is 1. The first-order valence-electron chi connectivity index (χ1n) is 8.23. The first-order chi connectivity index (χ1) is 10.6. The van der Waals surface area contributed by atoms with E-state index in [4.69, 9.17) is 15.2 Å². The van der Waals surface area contributed by atoms with Gasteiger partial charge in [0.15, 0.2) is 11.5 Å². The lowest BCUT2D eigenvalue weighted by Gasteiger charge is -2.31. The van der Waals surface area contributed by atoms with Gasteiger partial charge in [-0.3, -0.25) is 0 Å². The standard InChI is InChI=1S/C17H26N2O3/c1-12-11-21-15-6-5-13(9-16(15)22-12)17(20)14(18)10-19-7-3-2-4-8-19/h5-6,9,12,14,17,20H,2-4,7-8,10-11,18H2,1H3/t12?,14-,17-/m1/s1. The molecule has 0 radical (unpaired) electrons. The quantitative estimate of drug-likeness (QED) is 0.886. The van der Waals surface area contributed by atoms with E-state index in [1.807, 2.05) is 25.1 Å². The fourth-order valence-corrected chi connectivity index (χ4v) is 3.17. The Kier molecular flexibility index (Phi) is 4.86. The van der Waals surface area contributed by atoms with Crippen molar-refractivity contribution >= 4 is 0 Å². The SMILES string of the molecule is CC1COc2ccc([C@@H](O)[C@H](N)CN3CCCCC3)cc2O1. The molecule has 1 aromatic carbocycles. The first kappa shape index (κ1) is 15.6. The second-order valence-corrected chi connectivity index (χ2v) is 6.42. The highest BCUT2D eigenvalue weighted by Gasteiger charge is 2.24. The Labute approximate surface area is 132 Å². The van der Waals surface area contributed by atoms with Crippen LogP contribution in [0.25, 0.3) is 0 Å². The van der Waals surface area contributed by atoms with Gasteiger partial charge in [0, 0.05) is 12.6 Å². The van der Waals surface area contributed by atoms with E-state index in [1.165, 1.54) is 19.3 Å². The summed E-state index contributed by atoms with van der Waals surface area (Å²) < 4.78 is 11.4. The van der Waals surface area contributed by atoms with Crippen molar-refractivity contribution in [1.82, 2.24) is 4.90 Å². The molecule has 122 valence electrons. The molecule has 1 unspecified atom stereocenters. The van der Waals surface area contributed by atoms with Crippen LogP contribution in [0.5, 0.6) is 11.5 Å². The molecule has 0 aromatic heterocycles. The number of fused-ring (bicyclic) bond motifs is 1. The van der Waals surface area contributed by atoms with Crippen molar-refractivity contribution in [3.8, 4) is 11.5 Å². The van der Waals surface area contributed by atoms with E-state index in [0.29, 0.717) is 12.4 Å². The van der Waals surface area contributed by atoms with Crippen LogP contribution in [-0.4, -0.2) is 48.4 Å². The number of piperidine rings is 1. The second kappa shape index (κ2) is 6.86. The maximum absolute atomic E-state index is 10.5. The molecule has 0 spiro atoms. The molecule has 22 heavy (non-hydrogen) atoms. The largest absolute Gasteiger partial charge is 0.486 e. The molecule has 0 saturated carbocycles.